The van der Waals surface area contributed by atoms with Crippen molar-refractivity contribution in [3.8, 4) is 5.75 Å². The first-order chi connectivity index (χ1) is 9.91. The minimum absolute atomic E-state index is 0.00525. The molecular formula is C14H12F3NO3. The van der Waals surface area contributed by atoms with E-state index < -0.39 is 17.7 Å². The minimum Gasteiger partial charge on any atom is -0.489 e. The number of carbonyl (C=O) groups excluding carboxylic acids is 1. The predicted molar refractivity (Wildman–Crippen MR) is 69.4 cm³/mol. The Morgan fingerprint density at radius 3 is 2.86 bits per heavy atom. The molecular weight excluding hydrogens is 287 g/mol. The molecule has 1 heterocycles. The number of esters is 1. The van der Waals surface area contributed by atoms with Crippen molar-refractivity contribution in [1.82, 2.24) is 0 Å². The molecule has 112 valence electrons. The predicted octanol–water partition coefficient (Wildman–Crippen LogP) is 2.85. The average molecular weight is 299 g/mol. The van der Waals surface area contributed by atoms with Crippen LogP contribution in [-0.2, 0) is 22.1 Å². The van der Waals surface area contributed by atoms with Crippen LogP contribution in [0.3, 0.4) is 0 Å². The van der Waals surface area contributed by atoms with Crippen LogP contribution in [0.25, 0.3) is 6.08 Å². The molecule has 0 fully saturated rings. The first-order valence-electron chi connectivity index (χ1n) is 6.12. The second-order valence-electron chi connectivity index (χ2n) is 4.32. The van der Waals surface area contributed by atoms with Crippen molar-refractivity contribution in [2.75, 3.05) is 13.2 Å². The molecule has 7 heteroatoms. The molecule has 0 unspecified atom stereocenters. The fourth-order valence-corrected chi connectivity index (χ4v) is 1.98. The summed E-state index contributed by atoms with van der Waals surface area (Å²) in [4.78, 5) is 10.8. The number of nitrogens with one attached hydrogen (secondary N) is 1. The van der Waals surface area contributed by atoms with E-state index in [9.17, 15) is 18.0 Å². The summed E-state index contributed by atoms with van der Waals surface area (Å²) >= 11 is 0. The number of halogens is 3. The molecule has 0 atom stereocenters. The van der Waals surface area contributed by atoms with Gasteiger partial charge in [-0.2, -0.15) is 13.2 Å². The van der Waals surface area contributed by atoms with E-state index in [1.54, 1.807) is 12.2 Å². The molecule has 0 bridgehead atoms. The lowest BCUT2D eigenvalue weighted by atomic mass is 9.99. The van der Waals surface area contributed by atoms with Crippen LogP contribution in [0.15, 0.2) is 18.2 Å². The van der Waals surface area contributed by atoms with Crippen LogP contribution in [0.2, 0.25) is 0 Å². The Balaban J connectivity index is 2.27. The van der Waals surface area contributed by atoms with Gasteiger partial charge in [0.2, 0.25) is 0 Å². The topological polar surface area (TPSA) is 59.4 Å². The molecule has 0 saturated carbocycles. The van der Waals surface area contributed by atoms with Crippen LogP contribution in [0.5, 0.6) is 5.75 Å². The zero-order valence-corrected chi connectivity index (χ0v) is 10.9. The number of fused-ring (bicyclic) bond motifs is 1. The summed E-state index contributed by atoms with van der Waals surface area (Å²) < 4.78 is 49.1. The molecule has 0 spiro atoms. The highest BCUT2D eigenvalue weighted by Gasteiger charge is 2.34. The van der Waals surface area contributed by atoms with Gasteiger partial charge in [0.1, 0.15) is 18.6 Å². The van der Waals surface area contributed by atoms with Crippen molar-refractivity contribution in [3.05, 3.63) is 34.9 Å². The number of ether oxygens (including phenoxy) is 2. The molecule has 2 rings (SSSR count). The standard InChI is InChI=1S/C14H12F3NO3/c15-14(16,17)11-6-10-2-1-4-20-12(10)7-9(11)3-5-21-13(19)8-18/h1-2,6-8,18H,3-5H2. The Labute approximate surface area is 118 Å². The first-order valence-corrected chi connectivity index (χ1v) is 6.12. The van der Waals surface area contributed by atoms with Crippen molar-refractivity contribution >= 4 is 18.3 Å². The summed E-state index contributed by atoms with van der Waals surface area (Å²) in [5.41, 5.74) is -0.412. The van der Waals surface area contributed by atoms with Crippen LogP contribution in [-0.4, -0.2) is 25.4 Å². The third-order valence-electron chi connectivity index (χ3n) is 2.91. The molecule has 0 saturated heterocycles. The van der Waals surface area contributed by atoms with Crippen molar-refractivity contribution in [2.45, 2.75) is 12.6 Å². The monoisotopic (exact) mass is 299 g/mol. The van der Waals surface area contributed by atoms with E-state index >= 15 is 0 Å². The highest BCUT2D eigenvalue weighted by Crippen LogP contribution is 2.37. The van der Waals surface area contributed by atoms with E-state index in [2.05, 4.69) is 4.74 Å². The third kappa shape index (κ3) is 3.62. The molecule has 0 aliphatic carbocycles. The van der Waals surface area contributed by atoms with Crippen LogP contribution >= 0.6 is 0 Å². The van der Waals surface area contributed by atoms with Crippen LogP contribution in [0.4, 0.5) is 13.2 Å². The largest absolute Gasteiger partial charge is 0.489 e. The van der Waals surface area contributed by atoms with Gasteiger partial charge in [0, 0.05) is 12.0 Å². The number of hydrogen-bond donors (Lipinski definition) is 1. The van der Waals surface area contributed by atoms with Gasteiger partial charge in [-0.05, 0) is 23.8 Å². The molecule has 0 aromatic heterocycles. The van der Waals surface area contributed by atoms with Crippen LogP contribution in [0, 0.1) is 5.41 Å². The van der Waals surface area contributed by atoms with E-state index in [0.29, 0.717) is 24.1 Å². The lowest BCUT2D eigenvalue weighted by Crippen LogP contribution is -2.14. The summed E-state index contributed by atoms with van der Waals surface area (Å²) in [6.07, 6.45) is -0.928. The van der Waals surface area contributed by atoms with Gasteiger partial charge < -0.3 is 14.9 Å². The molecule has 1 aliphatic heterocycles. The SMILES string of the molecule is N=CC(=O)OCCc1cc2c(cc1C(F)(F)F)C=CCO2. The highest BCUT2D eigenvalue weighted by molar-refractivity contribution is 6.21. The highest BCUT2D eigenvalue weighted by atomic mass is 19.4. The number of carbonyl (C=O) groups is 1. The lowest BCUT2D eigenvalue weighted by Gasteiger charge is -2.19. The summed E-state index contributed by atoms with van der Waals surface area (Å²) in [6.45, 7) is 0.0759. The fourth-order valence-electron chi connectivity index (χ4n) is 1.98. The summed E-state index contributed by atoms with van der Waals surface area (Å²) in [5, 5.41) is 6.65. The maximum absolute atomic E-state index is 13.1. The molecule has 1 aromatic carbocycles. The van der Waals surface area contributed by atoms with Crippen molar-refractivity contribution < 1.29 is 27.4 Å². The van der Waals surface area contributed by atoms with Gasteiger partial charge in [-0.25, -0.2) is 4.79 Å². The lowest BCUT2D eigenvalue weighted by molar-refractivity contribution is -0.138. The van der Waals surface area contributed by atoms with Crippen molar-refractivity contribution in [3.63, 3.8) is 0 Å². The Hall–Kier alpha value is -2.31. The molecule has 0 amide bonds. The molecule has 21 heavy (non-hydrogen) atoms. The molecule has 1 aromatic rings. The quantitative estimate of drug-likeness (QED) is 0.687. The fraction of sp³-hybridized carbons (Fsp3) is 0.286. The van der Waals surface area contributed by atoms with Crippen molar-refractivity contribution in [2.24, 2.45) is 0 Å². The second-order valence-corrected chi connectivity index (χ2v) is 4.32. The van der Waals surface area contributed by atoms with Gasteiger partial charge >= 0.3 is 12.1 Å². The number of alkyl halides is 3. The Morgan fingerprint density at radius 1 is 1.43 bits per heavy atom. The maximum Gasteiger partial charge on any atom is 0.416 e. The number of hydrogen-bond acceptors (Lipinski definition) is 4. The Kier molecular flexibility index (Phi) is 4.30. The molecule has 0 radical (unpaired) electrons. The zero-order valence-electron chi connectivity index (χ0n) is 10.9. The van der Waals surface area contributed by atoms with E-state index in [-0.39, 0.29) is 18.6 Å². The molecule has 1 aliphatic rings. The van der Waals surface area contributed by atoms with Gasteiger partial charge in [-0.15, -0.1) is 0 Å². The van der Waals surface area contributed by atoms with E-state index in [0.717, 1.165) is 6.07 Å². The molecule has 1 N–H and O–H groups in total. The number of rotatable bonds is 4. The van der Waals surface area contributed by atoms with Gasteiger partial charge in [-0.1, -0.05) is 6.08 Å². The number of benzene rings is 1. The van der Waals surface area contributed by atoms with E-state index in [4.69, 9.17) is 10.1 Å². The smallest absolute Gasteiger partial charge is 0.416 e. The average Bonchev–Trinajstić information content (AvgIpc) is 2.45. The zero-order chi connectivity index (χ0) is 15.5. The van der Waals surface area contributed by atoms with Gasteiger partial charge in [0.15, 0.2) is 0 Å². The Morgan fingerprint density at radius 2 is 2.19 bits per heavy atom. The Bertz CT molecular complexity index is 594. The van der Waals surface area contributed by atoms with Crippen LogP contribution < -0.4 is 4.74 Å². The molecule has 4 nitrogen and oxygen atoms in total. The maximum atomic E-state index is 13.1. The summed E-state index contributed by atoms with van der Waals surface area (Å²) in [7, 11) is 0. The third-order valence-corrected chi connectivity index (χ3v) is 2.91. The summed E-state index contributed by atoms with van der Waals surface area (Å²) in [5.74, 6) is -0.514. The summed E-state index contributed by atoms with van der Waals surface area (Å²) in [6, 6.07) is 2.35. The van der Waals surface area contributed by atoms with E-state index in [1.165, 1.54) is 6.07 Å². The van der Waals surface area contributed by atoms with Gasteiger partial charge in [-0.3, -0.25) is 0 Å². The van der Waals surface area contributed by atoms with E-state index in [1.807, 2.05) is 0 Å². The van der Waals surface area contributed by atoms with Crippen LogP contribution in [0.1, 0.15) is 16.7 Å². The van der Waals surface area contributed by atoms with Gasteiger partial charge in [0.25, 0.3) is 0 Å². The second kappa shape index (κ2) is 5.99. The van der Waals surface area contributed by atoms with Gasteiger partial charge in [0.05, 0.1) is 12.2 Å². The normalized spacial score (nSPS) is 13.3. The van der Waals surface area contributed by atoms with Crippen molar-refractivity contribution in [1.29, 1.82) is 5.41 Å². The minimum atomic E-state index is -4.50. The first kappa shape index (κ1) is 15.1.